The van der Waals surface area contributed by atoms with E-state index in [1.165, 1.54) is 19.3 Å². The first-order chi connectivity index (χ1) is 5.27. The van der Waals surface area contributed by atoms with Crippen molar-refractivity contribution in [3.8, 4) is 0 Å². The molecule has 2 nitrogen and oxygen atoms in total. The molecule has 1 aliphatic carbocycles. The molecule has 1 heterocycles. The van der Waals surface area contributed by atoms with Crippen molar-refractivity contribution in [2.24, 2.45) is 11.7 Å². The van der Waals surface area contributed by atoms with E-state index in [4.69, 9.17) is 5.73 Å². The molecule has 11 heavy (non-hydrogen) atoms. The highest BCUT2D eigenvalue weighted by atomic mass is 15.2. The Morgan fingerprint density at radius 3 is 2.45 bits per heavy atom. The van der Waals surface area contributed by atoms with E-state index in [0.29, 0.717) is 6.04 Å². The van der Waals surface area contributed by atoms with Crippen molar-refractivity contribution in [1.82, 2.24) is 4.90 Å². The zero-order valence-electron chi connectivity index (χ0n) is 7.29. The maximum absolute atomic E-state index is 5.74. The molecule has 1 saturated heterocycles. The number of hydrogen-bond acceptors (Lipinski definition) is 2. The number of likely N-dealkylation sites (tertiary alicyclic amines) is 1. The number of hydrogen-bond donors (Lipinski definition) is 1. The van der Waals surface area contributed by atoms with Crippen LogP contribution in [0.15, 0.2) is 0 Å². The van der Waals surface area contributed by atoms with Crippen LogP contribution in [0.3, 0.4) is 0 Å². The van der Waals surface area contributed by atoms with Crippen molar-refractivity contribution >= 4 is 0 Å². The largest absolute Gasteiger partial charge is 0.325 e. The lowest BCUT2D eigenvalue weighted by atomic mass is 9.99. The van der Waals surface area contributed by atoms with Gasteiger partial charge in [0.25, 0.3) is 0 Å². The molecule has 1 saturated carbocycles. The van der Waals surface area contributed by atoms with Gasteiger partial charge in [-0.3, -0.25) is 4.90 Å². The molecule has 0 aromatic heterocycles. The number of nitrogens with zero attached hydrogens (tertiary/aromatic N) is 1. The minimum atomic E-state index is 0.475. The molecule has 2 rings (SSSR count). The van der Waals surface area contributed by atoms with E-state index in [9.17, 15) is 0 Å². The lowest BCUT2D eigenvalue weighted by molar-refractivity contribution is 0.0761. The van der Waals surface area contributed by atoms with Crippen LogP contribution >= 0.6 is 0 Å². The smallest absolute Gasteiger partial charge is 0.0297 e. The number of rotatable bonds is 1. The average molecular weight is 154 g/mol. The Balaban J connectivity index is 1.85. The maximum Gasteiger partial charge on any atom is 0.0297 e. The first-order valence-electron chi connectivity index (χ1n) is 4.77. The van der Waals surface area contributed by atoms with Crippen LogP contribution in [0, 0.1) is 5.92 Å². The first-order valence-corrected chi connectivity index (χ1v) is 4.77. The summed E-state index contributed by atoms with van der Waals surface area (Å²) in [6, 6.07) is 1.34. The van der Waals surface area contributed by atoms with Crippen molar-refractivity contribution in [3.63, 3.8) is 0 Å². The molecule has 0 amide bonds. The normalized spacial score (nSPS) is 40.9. The van der Waals surface area contributed by atoms with Crippen LogP contribution in [0.5, 0.6) is 0 Å². The van der Waals surface area contributed by atoms with E-state index in [2.05, 4.69) is 11.8 Å². The predicted molar refractivity (Wildman–Crippen MR) is 46.4 cm³/mol. The Bertz CT molecular complexity index is 140. The fraction of sp³-hybridized carbons (Fsp3) is 1.00. The summed E-state index contributed by atoms with van der Waals surface area (Å²) >= 11 is 0. The first kappa shape index (κ1) is 7.56. The Morgan fingerprint density at radius 2 is 2.00 bits per heavy atom. The van der Waals surface area contributed by atoms with Gasteiger partial charge in [0.05, 0.1) is 0 Å². The Morgan fingerprint density at radius 1 is 1.27 bits per heavy atom. The molecule has 2 unspecified atom stereocenters. The highest BCUT2D eigenvalue weighted by Crippen LogP contribution is 2.31. The Hall–Kier alpha value is -0.0800. The zero-order chi connectivity index (χ0) is 7.84. The van der Waals surface area contributed by atoms with Crippen molar-refractivity contribution in [1.29, 1.82) is 0 Å². The van der Waals surface area contributed by atoms with E-state index in [1.54, 1.807) is 0 Å². The van der Waals surface area contributed by atoms with Gasteiger partial charge in [-0.1, -0.05) is 13.3 Å². The highest BCUT2D eigenvalue weighted by molar-refractivity contribution is 4.92. The second-order valence-electron chi connectivity index (χ2n) is 4.19. The van der Waals surface area contributed by atoms with E-state index >= 15 is 0 Å². The quantitative estimate of drug-likeness (QED) is 0.606. The van der Waals surface area contributed by atoms with Crippen LogP contribution < -0.4 is 5.73 Å². The summed E-state index contributed by atoms with van der Waals surface area (Å²) in [5.74, 6) is 0.919. The van der Waals surface area contributed by atoms with Crippen LogP contribution in [-0.2, 0) is 0 Å². The van der Waals surface area contributed by atoms with E-state index in [1.807, 2.05) is 0 Å². The standard InChI is InChI=1S/C9H18N2/c1-7-3-2-4-9(7)11-5-8(10)6-11/h7-9H,2-6,10H2,1H3. The summed E-state index contributed by atoms with van der Waals surface area (Å²) in [7, 11) is 0. The summed E-state index contributed by atoms with van der Waals surface area (Å²) in [4.78, 5) is 2.56. The van der Waals surface area contributed by atoms with Crippen LogP contribution in [-0.4, -0.2) is 30.1 Å². The summed E-state index contributed by atoms with van der Waals surface area (Å²) < 4.78 is 0. The fourth-order valence-corrected chi connectivity index (χ4v) is 2.49. The van der Waals surface area contributed by atoms with Gasteiger partial charge in [-0.2, -0.15) is 0 Å². The molecule has 0 radical (unpaired) electrons. The van der Waals surface area contributed by atoms with Crippen molar-refractivity contribution in [3.05, 3.63) is 0 Å². The van der Waals surface area contributed by atoms with E-state index in [0.717, 1.165) is 25.0 Å². The zero-order valence-corrected chi connectivity index (χ0v) is 7.29. The third-order valence-corrected chi connectivity index (χ3v) is 3.22. The van der Waals surface area contributed by atoms with Crippen molar-refractivity contribution in [2.75, 3.05) is 13.1 Å². The SMILES string of the molecule is CC1CCCC1N1CC(N)C1. The van der Waals surface area contributed by atoms with Gasteiger partial charge in [0.15, 0.2) is 0 Å². The molecule has 2 atom stereocenters. The number of nitrogens with two attached hydrogens (primary N) is 1. The fourth-order valence-electron chi connectivity index (χ4n) is 2.49. The minimum Gasteiger partial charge on any atom is -0.325 e. The second-order valence-corrected chi connectivity index (χ2v) is 4.19. The molecule has 0 bridgehead atoms. The predicted octanol–water partition coefficient (Wildman–Crippen LogP) is 0.818. The summed E-state index contributed by atoms with van der Waals surface area (Å²) in [5, 5.41) is 0. The maximum atomic E-state index is 5.74. The van der Waals surface area contributed by atoms with E-state index in [-0.39, 0.29) is 0 Å². The van der Waals surface area contributed by atoms with Crippen molar-refractivity contribution < 1.29 is 0 Å². The molecular weight excluding hydrogens is 136 g/mol. The lowest BCUT2D eigenvalue weighted by Crippen LogP contribution is -2.59. The van der Waals surface area contributed by atoms with Gasteiger partial charge in [0.2, 0.25) is 0 Å². The van der Waals surface area contributed by atoms with Gasteiger partial charge >= 0.3 is 0 Å². The van der Waals surface area contributed by atoms with Crippen LogP contribution in [0.2, 0.25) is 0 Å². The van der Waals surface area contributed by atoms with Gasteiger partial charge in [0, 0.05) is 25.2 Å². The molecule has 0 spiro atoms. The molecule has 64 valence electrons. The highest BCUT2D eigenvalue weighted by Gasteiger charge is 2.35. The Labute approximate surface area is 68.7 Å². The van der Waals surface area contributed by atoms with Gasteiger partial charge in [-0.25, -0.2) is 0 Å². The lowest BCUT2D eigenvalue weighted by Gasteiger charge is -2.43. The summed E-state index contributed by atoms with van der Waals surface area (Å²) in [6.45, 7) is 4.67. The summed E-state index contributed by atoms with van der Waals surface area (Å²) in [6.07, 6.45) is 4.27. The monoisotopic (exact) mass is 154 g/mol. The molecule has 0 aromatic carbocycles. The van der Waals surface area contributed by atoms with Crippen LogP contribution in [0.4, 0.5) is 0 Å². The van der Waals surface area contributed by atoms with Crippen LogP contribution in [0.25, 0.3) is 0 Å². The third kappa shape index (κ3) is 1.30. The van der Waals surface area contributed by atoms with Gasteiger partial charge < -0.3 is 5.73 Å². The van der Waals surface area contributed by atoms with Gasteiger partial charge in [-0.15, -0.1) is 0 Å². The average Bonchev–Trinajstić information content (AvgIpc) is 2.29. The van der Waals surface area contributed by atoms with Crippen LogP contribution in [0.1, 0.15) is 26.2 Å². The molecule has 1 aliphatic heterocycles. The summed E-state index contributed by atoms with van der Waals surface area (Å²) in [5.41, 5.74) is 5.74. The minimum absolute atomic E-state index is 0.475. The van der Waals surface area contributed by atoms with Gasteiger partial charge in [0.1, 0.15) is 0 Å². The molecule has 2 fully saturated rings. The Kier molecular flexibility index (Phi) is 1.90. The van der Waals surface area contributed by atoms with Gasteiger partial charge in [-0.05, 0) is 18.8 Å². The third-order valence-electron chi connectivity index (χ3n) is 3.22. The molecular formula is C9H18N2. The molecule has 0 aromatic rings. The van der Waals surface area contributed by atoms with Crippen molar-refractivity contribution in [2.45, 2.75) is 38.3 Å². The molecule has 2 N–H and O–H groups in total. The van der Waals surface area contributed by atoms with E-state index < -0.39 is 0 Å². The molecule has 2 heteroatoms. The molecule has 2 aliphatic rings. The second kappa shape index (κ2) is 2.76. The topological polar surface area (TPSA) is 29.3 Å².